The smallest absolute Gasteiger partial charge is 0.265 e. The van der Waals surface area contributed by atoms with Crippen molar-refractivity contribution >= 4 is 21.8 Å². The van der Waals surface area contributed by atoms with Gasteiger partial charge in [-0.2, -0.15) is 0 Å². The predicted octanol–water partition coefficient (Wildman–Crippen LogP) is 0.246. The molecule has 6 nitrogen and oxygen atoms in total. The fraction of sp³-hybridized carbons (Fsp3) is 0.462. The number of hydrogen-bond acceptors (Lipinski definition) is 5. The highest BCUT2D eigenvalue weighted by Crippen LogP contribution is 2.21. The maximum Gasteiger partial charge on any atom is 0.265 e. The number of hydrazine groups is 1. The van der Waals surface area contributed by atoms with Crippen molar-refractivity contribution in [1.82, 2.24) is 10.3 Å². The van der Waals surface area contributed by atoms with Crippen molar-refractivity contribution in [3.8, 4) is 0 Å². The number of ether oxygens (including phenoxy) is 1. The van der Waals surface area contributed by atoms with Crippen LogP contribution in [0.15, 0.2) is 22.7 Å². The van der Waals surface area contributed by atoms with E-state index in [1.165, 1.54) is 0 Å². The molecule has 20 heavy (non-hydrogen) atoms. The summed E-state index contributed by atoms with van der Waals surface area (Å²) >= 11 is 3.48. The Hall–Kier alpha value is -0.990. The Morgan fingerprint density at radius 3 is 3.05 bits per heavy atom. The zero-order valence-corrected chi connectivity index (χ0v) is 12.6. The summed E-state index contributed by atoms with van der Waals surface area (Å²) in [6.07, 6.45) is -0.121. The van der Waals surface area contributed by atoms with Crippen molar-refractivity contribution in [3.05, 3.63) is 33.8 Å². The topological polar surface area (TPSA) is 87.8 Å². The molecule has 0 saturated carbocycles. The molecule has 2 rings (SSSR count). The second kappa shape index (κ2) is 7.14. The van der Waals surface area contributed by atoms with Crippen molar-refractivity contribution < 1.29 is 14.6 Å². The van der Waals surface area contributed by atoms with Crippen molar-refractivity contribution in [2.75, 3.05) is 26.3 Å². The number of aliphatic hydroxyl groups is 1. The minimum Gasteiger partial charge on any atom is -0.394 e. The Morgan fingerprint density at radius 2 is 2.40 bits per heavy atom. The Labute approximate surface area is 126 Å². The molecule has 7 heteroatoms. The van der Waals surface area contributed by atoms with Crippen molar-refractivity contribution in [2.45, 2.75) is 12.6 Å². The van der Waals surface area contributed by atoms with Gasteiger partial charge in [-0.15, -0.1) is 0 Å². The predicted molar refractivity (Wildman–Crippen MR) is 77.9 cm³/mol. The van der Waals surface area contributed by atoms with Crippen molar-refractivity contribution in [3.63, 3.8) is 0 Å². The van der Waals surface area contributed by atoms with E-state index in [2.05, 4.69) is 26.3 Å². The Bertz CT molecular complexity index is 484. The molecule has 0 spiro atoms. The van der Waals surface area contributed by atoms with Gasteiger partial charge in [0.05, 0.1) is 19.3 Å². The number of morpholine rings is 1. The summed E-state index contributed by atoms with van der Waals surface area (Å²) in [6.45, 7) is 2.93. The van der Waals surface area contributed by atoms with Crippen LogP contribution in [0.25, 0.3) is 0 Å². The number of nitrogens with two attached hydrogens (primary N) is 1. The number of carbonyl (C=O) groups is 1. The number of nitrogen functional groups attached to an aromatic ring is 1. The number of hydrogen-bond donors (Lipinski definition) is 3. The molecule has 110 valence electrons. The second-order valence-electron chi connectivity index (χ2n) is 4.69. The minimum atomic E-state index is -0.316. The lowest BCUT2D eigenvalue weighted by molar-refractivity contribution is -0.0551. The molecule has 0 bridgehead atoms. The van der Waals surface area contributed by atoms with Crippen LogP contribution in [0.1, 0.15) is 15.9 Å². The Balaban J connectivity index is 2.04. The summed E-state index contributed by atoms with van der Waals surface area (Å²) in [7, 11) is 0. The standard InChI is InChI=1S/C13H18BrN3O3/c14-12-5-9(13(19)16-15)1-2-10(12)6-17-3-4-20-11(7-17)8-18/h1-2,5,11,18H,3-4,6-8,15H2,(H,16,19). The first-order chi connectivity index (χ1) is 9.63. The number of rotatable bonds is 4. The van der Waals surface area contributed by atoms with Crippen LogP contribution < -0.4 is 11.3 Å². The van der Waals surface area contributed by atoms with Gasteiger partial charge in [0.15, 0.2) is 0 Å². The van der Waals surface area contributed by atoms with E-state index < -0.39 is 0 Å². The number of benzene rings is 1. The molecule has 1 aliphatic rings. The summed E-state index contributed by atoms with van der Waals surface area (Å²) in [5, 5.41) is 9.14. The Kier molecular flexibility index (Phi) is 5.50. The third-order valence-corrected chi connectivity index (χ3v) is 4.01. The van der Waals surface area contributed by atoms with Gasteiger partial charge in [-0.3, -0.25) is 15.1 Å². The fourth-order valence-electron chi connectivity index (χ4n) is 2.18. The van der Waals surface area contributed by atoms with Gasteiger partial charge in [0, 0.05) is 29.7 Å². The molecule has 0 aromatic heterocycles. The van der Waals surface area contributed by atoms with E-state index >= 15 is 0 Å². The molecular formula is C13H18BrN3O3. The number of amides is 1. The first-order valence-electron chi connectivity index (χ1n) is 6.38. The second-order valence-corrected chi connectivity index (χ2v) is 5.54. The molecule has 0 aliphatic carbocycles. The number of nitrogens with zero attached hydrogens (tertiary/aromatic N) is 1. The molecule has 0 radical (unpaired) electrons. The van der Waals surface area contributed by atoms with Crippen LogP contribution in [-0.2, 0) is 11.3 Å². The highest BCUT2D eigenvalue weighted by molar-refractivity contribution is 9.10. The van der Waals surface area contributed by atoms with E-state index in [1.54, 1.807) is 12.1 Å². The van der Waals surface area contributed by atoms with Gasteiger partial charge >= 0.3 is 0 Å². The number of nitrogens with one attached hydrogen (secondary N) is 1. The summed E-state index contributed by atoms with van der Waals surface area (Å²) in [4.78, 5) is 13.7. The van der Waals surface area contributed by atoms with E-state index in [-0.39, 0.29) is 18.6 Å². The number of aliphatic hydroxyl groups excluding tert-OH is 1. The zero-order valence-electron chi connectivity index (χ0n) is 11.0. The molecule has 4 N–H and O–H groups in total. The normalized spacial score (nSPS) is 19.9. The van der Waals surface area contributed by atoms with Gasteiger partial charge in [-0.1, -0.05) is 22.0 Å². The molecule has 1 unspecified atom stereocenters. The fourth-order valence-corrected chi connectivity index (χ4v) is 2.68. The van der Waals surface area contributed by atoms with Gasteiger partial charge in [0.2, 0.25) is 0 Å². The largest absolute Gasteiger partial charge is 0.394 e. The summed E-state index contributed by atoms with van der Waals surface area (Å²) in [5.74, 6) is 4.80. The van der Waals surface area contributed by atoms with Crippen LogP contribution in [0.4, 0.5) is 0 Å². The quantitative estimate of drug-likeness (QED) is 0.414. The van der Waals surface area contributed by atoms with Gasteiger partial charge in [-0.05, 0) is 17.7 Å². The molecule has 1 aliphatic heterocycles. The summed E-state index contributed by atoms with van der Waals surface area (Å²) in [5.41, 5.74) is 3.70. The SMILES string of the molecule is NNC(=O)c1ccc(CN2CCOC(CO)C2)c(Br)c1. The molecule has 1 atom stereocenters. The minimum absolute atomic E-state index is 0.0350. The van der Waals surface area contributed by atoms with Crippen LogP contribution in [0, 0.1) is 0 Å². The van der Waals surface area contributed by atoms with Crippen LogP contribution in [0.3, 0.4) is 0 Å². The van der Waals surface area contributed by atoms with Gasteiger partial charge < -0.3 is 9.84 Å². The molecule has 1 aromatic carbocycles. The monoisotopic (exact) mass is 343 g/mol. The first kappa shape index (κ1) is 15.4. The molecule has 1 amide bonds. The summed E-state index contributed by atoms with van der Waals surface area (Å²) in [6, 6.07) is 5.39. The molecule has 1 heterocycles. The first-order valence-corrected chi connectivity index (χ1v) is 7.17. The van der Waals surface area contributed by atoms with Crippen LogP contribution in [-0.4, -0.2) is 48.3 Å². The van der Waals surface area contributed by atoms with Crippen LogP contribution >= 0.6 is 15.9 Å². The third-order valence-electron chi connectivity index (χ3n) is 3.27. The van der Waals surface area contributed by atoms with E-state index in [9.17, 15) is 4.79 Å². The number of halogens is 1. The maximum absolute atomic E-state index is 11.4. The van der Waals surface area contributed by atoms with Crippen LogP contribution in [0.2, 0.25) is 0 Å². The van der Waals surface area contributed by atoms with Crippen molar-refractivity contribution in [2.24, 2.45) is 5.84 Å². The van der Waals surface area contributed by atoms with E-state index in [1.807, 2.05) is 6.07 Å². The van der Waals surface area contributed by atoms with Crippen molar-refractivity contribution in [1.29, 1.82) is 0 Å². The number of carbonyl (C=O) groups excluding carboxylic acids is 1. The molecule has 1 fully saturated rings. The molecular weight excluding hydrogens is 326 g/mol. The lowest BCUT2D eigenvalue weighted by atomic mass is 10.1. The average molecular weight is 344 g/mol. The summed E-state index contributed by atoms with van der Waals surface area (Å²) < 4.78 is 6.29. The highest BCUT2D eigenvalue weighted by atomic mass is 79.9. The maximum atomic E-state index is 11.4. The van der Waals surface area contributed by atoms with Gasteiger partial charge in [0.1, 0.15) is 0 Å². The van der Waals surface area contributed by atoms with E-state index in [0.717, 1.165) is 23.1 Å². The van der Waals surface area contributed by atoms with Crippen LogP contribution in [0.5, 0.6) is 0 Å². The third kappa shape index (κ3) is 3.77. The highest BCUT2D eigenvalue weighted by Gasteiger charge is 2.20. The lowest BCUT2D eigenvalue weighted by Crippen LogP contribution is -2.43. The average Bonchev–Trinajstić information content (AvgIpc) is 2.48. The Morgan fingerprint density at radius 1 is 1.60 bits per heavy atom. The molecule has 1 saturated heterocycles. The van der Waals surface area contributed by atoms with Gasteiger partial charge in [-0.25, -0.2) is 5.84 Å². The molecule has 1 aromatic rings. The van der Waals surface area contributed by atoms with Gasteiger partial charge in [0.25, 0.3) is 5.91 Å². The van der Waals surface area contributed by atoms with E-state index in [4.69, 9.17) is 15.7 Å². The lowest BCUT2D eigenvalue weighted by Gasteiger charge is -2.32. The van der Waals surface area contributed by atoms with E-state index in [0.29, 0.717) is 18.7 Å². The zero-order chi connectivity index (χ0) is 14.5.